The number of likely N-dealkylation sites (N-methyl/N-ethyl adjacent to an activating group) is 2. The molecule has 2 atom stereocenters. The molecule has 0 amide bonds. The number of rotatable bonds is 14. The van der Waals surface area contributed by atoms with Crippen molar-refractivity contribution in [3.8, 4) is 0 Å². The van der Waals surface area contributed by atoms with Gasteiger partial charge in [-0.15, -0.1) is 0 Å². The maximum Gasteiger partial charge on any atom is 0.347 e. The third-order valence-corrected chi connectivity index (χ3v) is 3.84. The van der Waals surface area contributed by atoms with Crippen molar-refractivity contribution in [1.29, 1.82) is 0 Å². The first-order valence-corrected chi connectivity index (χ1v) is 7.86. The summed E-state index contributed by atoms with van der Waals surface area (Å²) in [6, 6.07) is -1.36. The summed E-state index contributed by atoms with van der Waals surface area (Å²) in [5, 5.41) is 52.4. The van der Waals surface area contributed by atoms with Gasteiger partial charge in [0, 0.05) is 25.2 Å². The summed E-state index contributed by atoms with van der Waals surface area (Å²) >= 11 is 0. The second-order valence-corrected chi connectivity index (χ2v) is 5.34. The van der Waals surface area contributed by atoms with Gasteiger partial charge < -0.3 is 36.2 Å². The molecule has 7 N–H and O–H groups in total. The van der Waals surface area contributed by atoms with Crippen molar-refractivity contribution in [2.24, 2.45) is 0 Å². The van der Waals surface area contributed by atoms with E-state index in [1.807, 2.05) is 6.92 Å². The fourth-order valence-electron chi connectivity index (χ4n) is 2.60. The van der Waals surface area contributed by atoms with Crippen LogP contribution < -0.4 is 10.6 Å². The Hall–Kier alpha value is -1.79. The van der Waals surface area contributed by atoms with Gasteiger partial charge in [0.2, 0.25) is 0 Å². The Morgan fingerprint density at radius 1 is 0.960 bits per heavy atom. The molecule has 0 saturated carbocycles. The van der Waals surface area contributed by atoms with Gasteiger partial charge in [0.05, 0.1) is 13.2 Å². The third-order valence-electron chi connectivity index (χ3n) is 3.84. The highest BCUT2D eigenvalue weighted by molar-refractivity contribution is 6.21. The standard InChI is InChI=1S/C14H27N3O8/c1-3-16-9(7-18)5-15-6-10(8-19)17(4-2)14(11(20)21,12(22)23)13(24)25/h9-10,15-16,18-19H,3-8H2,1-2H3,(H,20,21)(H,22,23)(H,24,25). The van der Waals surface area contributed by atoms with Crippen LogP contribution in [0.3, 0.4) is 0 Å². The van der Waals surface area contributed by atoms with Crippen molar-refractivity contribution in [2.75, 3.05) is 39.4 Å². The van der Waals surface area contributed by atoms with E-state index in [1.54, 1.807) is 0 Å². The number of aliphatic carboxylic acids is 3. The van der Waals surface area contributed by atoms with Crippen molar-refractivity contribution in [2.45, 2.75) is 31.5 Å². The molecule has 0 aromatic rings. The molecule has 25 heavy (non-hydrogen) atoms. The molecule has 0 aliphatic rings. The first-order valence-electron chi connectivity index (χ1n) is 7.86. The minimum atomic E-state index is -3.21. The van der Waals surface area contributed by atoms with Gasteiger partial charge in [0.1, 0.15) is 0 Å². The average Bonchev–Trinajstić information content (AvgIpc) is 2.54. The summed E-state index contributed by atoms with van der Waals surface area (Å²) in [4.78, 5) is 35.2. The topological polar surface area (TPSA) is 180 Å². The van der Waals surface area contributed by atoms with Gasteiger partial charge in [-0.3, -0.25) is 4.90 Å². The number of carbonyl (C=O) groups is 3. The number of carboxylic acids is 3. The largest absolute Gasteiger partial charge is 0.479 e. The van der Waals surface area contributed by atoms with Crippen molar-refractivity contribution < 1.29 is 39.9 Å². The smallest absolute Gasteiger partial charge is 0.347 e. The molecular formula is C14H27N3O8. The summed E-state index contributed by atoms with van der Waals surface area (Å²) in [7, 11) is 0. The zero-order chi connectivity index (χ0) is 19.6. The van der Waals surface area contributed by atoms with Crippen LogP contribution in [0, 0.1) is 0 Å². The molecule has 0 bridgehead atoms. The zero-order valence-corrected chi connectivity index (χ0v) is 14.3. The molecule has 11 nitrogen and oxygen atoms in total. The summed E-state index contributed by atoms with van der Waals surface area (Å²) in [5.74, 6) is -6.14. The van der Waals surface area contributed by atoms with Crippen LogP contribution in [0.2, 0.25) is 0 Å². The van der Waals surface area contributed by atoms with Gasteiger partial charge in [-0.25, -0.2) is 14.4 Å². The van der Waals surface area contributed by atoms with Crippen molar-refractivity contribution in [1.82, 2.24) is 15.5 Å². The molecule has 0 heterocycles. The normalized spacial score (nSPS) is 14.3. The highest BCUT2D eigenvalue weighted by atomic mass is 16.4. The fourth-order valence-corrected chi connectivity index (χ4v) is 2.60. The van der Waals surface area contributed by atoms with Crippen LogP contribution in [0.1, 0.15) is 13.8 Å². The zero-order valence-electron chi connectivity index (χ0n) is 14.3. The quantitative estimate of drug-likeness (QED) is 0.158. The third kappa shape index (κ3) is 5.34. The van der Waals surface area contributed by atoms with Gasteiger partial charge in [-0.1, -0.05) is 13.8 Å². The lowest BCUT2D eigenvalue weighted by Crippen LogP contribution is -2.69. The summed E-state index contributed by atoms with van der Waals surface area (Å²) in [6.07, 6.45) is 0. The molecule has 0 saturated heterocycles. The summed E-state index contributed by atoms with van der Waals surface area (Å²) in [5.41, 5.74) is -3.21. The van der Waals surface area contributed by atoms with Gasteiger partial charge >= 0.3 is 23.4 Å². The highest BCUT2D eigenvalue weighted by Crippen LogP contribution is 2.21. The van der Waals surface area contributed by atoms with Crippen LogP contribution in [0.5, 0.6) is 0 Å². The Labute approximate surface area is 145 Å². The maximum absolute atomic E-state index is 11.5. The van der Waals surface area contributed by atoms with Crippen LogP contribution in [0.25, 0.3) is 0 Å². The number of hydrogen-bond acceptors (Lipinski definition) is 8. The minimum absolute atomic E-state index is 0.0676. The Morgan fingerprint density at radius 2 is 1.48 bits per heavy atom. The molecule has 0 spiro atoms. The van der Waals surface area contributed by atoms with E-state index in [1.165, 1.54) is 6.92 Å². The molecule has 2 unspecified atom stereocenters. The number of nitrogens with zero attached hydrogens (tertiary/aromatic N) is 1. The van der Waals surface area contributed by atoms with Gasteiger partial charge in [-0.05, 0) is 13.1 Å². The molecule has 11 heteroatoms. The minimum Gasteiger partial charge on any atom is -0.479 e. The number of aliphatic hydroxyl groups is 2. The van der Waals surface area contributed by atoms with E-state index in [4.69, 9.17) is 0 Å². The molecule has 0 fully saturated rings. The van der Waals surface area contributed by atoms with Crippen LogP contribution in [0.15, 0.2) is 0 Å². The summed E-state index contributed by atoms with van der Waals surface area (Å²) in [6.45, 7) is 3.01. The van der Waals surface area contributed by atoms with E-state index in [-0.39, 0.29) is 32.3 Å². The number of hydrogen-bond donors (Lipinski definition) is 7. The molecule has 0 aromatic carbocycles. The lowest BCUT2D eigenvalue weighted by molar-refractivity contribution is -0.181. The van der Waals surface area contributed by atoms with E-state index in [9.17, 15) is 39.9 Å². The van der Waals surface area contributed by atoms with E-state index in [0.717, 1.165) is 0 Å². The predicted molar refractivity (Wildman–Crippen MR) is 86.3 cm³/mol. The van der Waals surface area contributed by atoms with Crippen LogP contribution in [0.4, 0.5) is 0 Å². The van der Waals surface area contributed by atoms with Crippen molar-refractivity contribution in [3.05, 3.63) is 0 Å². The average molecular weight is 365 g/mol. The Morgan fingerprint density at radius 3 is 1.80 bits per heavy atom. The SMILES string of the molecule is CCNC(CO)CNCC(CO)N(CC)C(C(=O)O)(C(=O)O)C(=O)O. The Balaban J connectivity index is 5.38. The predicted octanol–water partition coefficient (Wildman–Crippen LogP) is -2.78. The maximum atomic E-state index is 11.5. The first-order chi connectivity index (χ1) is 11.7. The summed E-state index contributed by atoms with van der Waals surface area (Å²) < 4.78 is 0. The first kappa shape index (κ1) is 23.2. The Bertz CT molecular complexity index is 423. The Kier molecular flexibility index (Phi) is 10.2. The van der Waals surface area contributed by atoms with E-state index < -0.39 is 36.1 Å². The second kappa shape index (κ2) is 10.9. The molecule has 0 rings (SSSR count). The monoisotopic (exact) mass is 365 g/mol. The molecule has 0 aliphatic carbocycles. The molecule has 0 aromatic heterocycles. The number of nitrogens with one attached hydrogen (secondary N) is 2. The number of carboxylic acid groups (broad SMARTS) is 3. The van der Waals surface area contributed by atoms with E-state index in [2.05, 4.69) is 10.6 Å². The van der Waals surface area contributed by atoms with E-state index >= 15 is 0 Å². The fraction of sp³-hybridized carbons (Fsp3) is 0.786. The van der Waals surface area contributed by atoms with Crippen LogP contribution >= 0.6 is 0 Å². The number of aliphatic hydroxyl groups excluding tert-OH is 2. The highest BCUT2D eigenvalue weighted by Gasteiger charge is 2.60. The van der Waals surface area contributed by atoms with Crippen LogP contribution in [-0.4, -0.2) is 105 Å². The van der Waals surface area contributed by atoms with E-state index in [0.29, 0.717) is 11.4 Å². The lowest BCUT2D eigenvalue weighted by atomic mass is 9.95. The van der Waals surface area contributed by atoms with Gasteiger partial charge in [0.25, 0.3) is 0 Å². The second-order valence-electron chi connectivity index (χ2n) is 5.34. The molecular weight excluding hydrogens is 338 g/mol. The lowest BCUT2D eigenvalue weighted by Gasteiger charge is -2.38. The van der Waals surface area contributed by atoms with Gasteiger partial charge in [0.15, 0.2) is 0 Å². The van der Waals surface area contributed by atoms with Crippen molar-refractivity contribution >= 4 is 17.9 Å². The molecule has 0 radical (unpaired) electrons. The molecule has 146 valence electrons. The van der Waals surface area contributed by atoms with Gasteiger partial charge in [-0.2, -0.15) is 0 Å². The van der Waals surface area contributed by atoms with Crippen LogP contribution in [-0.2, 0) is 14.4 Å². The van der Waals surface area contributed by atoms with Crippen molar-refractivity contribution in [3.63, 3.8) is 0 Å². The molecule has 0 aliphatic heterocycles.